The van der Waals surface area contributed by atoms with Gasteiger partial charge in [0, 0.05) is 11.6 Å². The van der Waals surface area contributed by atoms with Gasteiger partial charge in [-0.25, -0.2) is 0 Å². The highest BCUT2D eigenvalue weighted by Crippen LogP contribution is 2.39. The molecule has 1 aliphatic heterocycles. The van der Waals surface area contributed by atoms with Crippen LogP contribution in [0.5, 0.6) is 5.75 Å². The van der Waals surface area contributed by atoms with E-state index >= 15 is 0 Å². The third kappa shape index (κ3) is 2.48. The molecule has 0 spiro atoms. The van der Waals surface area contributed by atoms with Gasteiger partial charge in [0.2, 0.25) is 0 Å². The van der Waals surface area contributed by atoms with Gasteiger partial charge in [0.05, 0.1) is 12.9 Å². The smallest absolute Gasteiger partial charge is 0.197 e. The summed E-state index contributed by atoms with van der Waals surface area (Å²) in [5.74, 6) is 1.38. The van der Waals surface area contributed by atoms with Crippen molar-refractivity contribution in [2.75, 3.05) is 6.61 Å². The molecule has 2 atom stereocenters. The highest BCUT2D eigenvalue weighted by atomic mass is 35.5. The third-order valence-corrected chi connectivity index (χ3v) is 3.97. The van der Waals surface area contributed by atoms with E-state index in [0.717, 1.165) is 30.8 Å². The van der Waals surface area contributed by atoms with Crippen LogP contribution < -0.4 is 10.5 Å². The quantitative estimate of drug-likeness (QED) is 0.926. The van der Waals surface area contributed by atoms with Gasteiger partial charge >= 0.3 is 0 Å². The summed E-state index contributed by atoms with van der Waals surface area (Å²) in [6, 6.07) is 9.89. The molecule has 2 unspecified atom stereocenters. The Balaban J connectivity index is 1.80. The molecule has 3 rings (SSSR count). The normalized spacial score (nSPS) is 19.6. The second-order valence-corrected chi connectivity index (χ2v) is 5.21. The molecular weight excluding hydrogens is 262 g/mol. The number of para-hydroxylation sites is 1. The molecule has 0 radical (unpaired) electrons. The molecule has 0 saturated heterocycles. The molecule has 2 N–H and O–H groups in total. The summed E-state index contributed by atoms with van der Waals surface area (Å²) in [5.41, 5.74) is 8.36. The second-order valence-electron chi connectivity index (χ2n) is 4.86. The number of nitrogens with two attached hydrogens (primary N) is 1. The molecule has 1 aliphatic rings. The van der Waals surface area contributed by atoms with Crippen molar-refractivity contribution in [3.05, 3.63) is 52.9 Å². The fourth-order valence-corrected chi connectivity index (χ4v) is 2.92. The Morgan fingerprint density at radius 2 is 2.16 bits per heavy atom. The summed E-state index contributed by atoms with van der Waals surface area (Å²) in [6.45, 7) is 0.744. The van der Waals surface area contributed by atoms with Gasteiger partial charge < -0.3 is 14.9 Å². The molecule has 19 heavy (non-hydrogen) atoms. The zero-order valence-corrected chi connectivity index (χ0v) is 11.3. The first-order valence-corrected chi connectivity index (χ1v) is 6.83. The van der Waals surface area contributed by atoms with Crippen LogP contribution >= 0.6 is 11.6 Å². The molecule has 1 aromatic carbocycles. The first-order chi connectivity index (χ1) is 9.25. The average Bonchev–Trinajstić information content (AvgIpc) is 2.85. The molecule has 2 heterocycles. The molecule has 3 nitrogen and oxygen atoms in total. The molecule has 0 aliphatic carbocycles. The number of halogens is 1. The Kier molecular flexibility index (Phi) is 3.49. The van der Waals surface area contributed by atoms with Crippen molar-refractivity contribution in [2.45, 2.75) is 24.8 Å². The van der Waals surface area contributed by atoms with E-state index in [1.807, 2.05) is 24.3 Å². The highest BCUT2D eigenvalue weighted by Gasteiger charge is 2.24. The van der Waals surface area contributed by atoms with Crippen molar-refractivity contribution in [1.82, 2.24) is 0 Å². The molecule has 4 heteroatoms. The van der Waals surface area contributed by atoms with Crippen LogP contribution in [0.2, 0.25) is 5.22 Å². The molecule has 1 aromatic heterocycles. The lowest BCUT2D eigenvalue weighted by Gasteiger charge is -2.27. The Bertz CT molecular complexity index is 567. The first kappa shape index (κ1) is 12.6. The fraction of sp³-hybridized carbons (Fsp3) is 0.333. The summed E-state index contributed by atoms with van der Waals surface area (Å²) in [5, 5.41) is 0.396. The molecule has 2 aromatic rings. The van der Waals surface area contributed by atoms with E-state index in [1.54, 1.807) is 6.26 Å². The maximum absolute atomic E-state index is 6.24. The topological polar surface area (TPSA) is 48.4 Å². The van der Waals surface area contributed by atoms with Gasteiger partial charge in [-0.05, 0) is 48.1 Å². The van der Waals surface area contributed by atoms with Crippen molar-refractivity contribution >= 4 is 11.6 Å². The third-order valence-electron chi connectivity index (χ3n) is 3.67. The van der Waals surface area contributed by atoms with Gasteiger partial charge in [-0.1, -0.05) is 18.2 Å². The van der Waals surface area contributed by atoms with Crippen LogP contribution in [-0.4, -0.2) is 6.61 Å². The molecule has 100 valence electrons. The van der Waals surface area contributed by atoms with Crippen molar-refractivity contribution in [2.24, 2.45) is 5.73 Å². The maximum atomic E-state index is 6.24. The van der Waals surface area contributed by atoms with Crippen molar-refractivity contribution in [3.63, 3.8) is 0 Å². The Morgan fingerprint density at radius 3 is 2.95 bits per heavy atom. The minimum absolute atomic E-state index is 0.109. The Hall–Kier alpha value is -1.45. The van der Waals surface area contributed by atoms with Gasteiger partial charge in [-0.15, -0.1) is 0 Å². The summed E-state index contributed by atoms with van der Waals surface area (Å²) < 4.78 is 10.8. The van der Waals surface area contributed by atoms with E-state index in [-0.39, 0.29) is 6.04 Å². The highest BCUT2D eigenvalue weighted by molar-refractivity contribution is 6.29. The van der Waals surface area contributed by atoms with Crippen LogP contribution in [0.3, 0.4) is 0 Å². The lowest BCUT2D eigenvalue weighted by molar-refractivity contribution is 0.259. The van der Waals surface area contributed by atoms with Crippen LogP contribution in [0.1, 0.15) is 35.9 Å². The zero-order chi connectivity index (χ0) is 13.2. The summed E-state index contributed by atoms with van der Waals surface area (Å²) >= 11 is 5.98. The number of furan rings is 1. The minimum atomic E-state index is -0.109. The number of benzene rings is 1. The largest absolute Gasteiger partial charge is 0.493 e. The Labute approximate surface area is 117 Å². The monoisotopic (exact) mass is 277 g/mol. The first-order valence-electron chi connectivity index (χ1n) is 6.46. The van der Waals surface area contributed by atoms with Crippen molar-refractivity contribution < 1.29 is 9.15 Å². The van der Waals surface area contributed by atoms with Crippen molar-refractivity contribution in [1.29, 1.82) is 0 Å². The van der Waals surface area contributed by atoms with E-state index in [4.69, 9.17) is 26.5 Å². The molecule has 0 amide bonds. The van der Waals surface area contributed by atoms with Gasteiger partial charge in [0.25, 0.3) is 0 Å². The van der Waals surface area contributed by atoms with E-state index < -0.39 is 0 Å². The summed E-state index contributed by atoms with van der Waals surface area (Å²) in [7, 11) is 0. The van der Waals surface area contributed by atoms with E-state index in [0.29, 0.717) is 11.1 Å². The minimum Gasteiger partial charge on any atom is -0.493 e. The number of rotatable bonds is 3. The SMILES string of the molecule is NC(CC1CCOc2ccccc21)c1ccoc1Cl. The number of hydrogen-bond donors (Lipinski definition) is 1. The standard InChI is InChI=1S/C15H16ClNO2/c16-15-12(6-8-19-15)13(17)9-10-5-7-18-14-4-2-1-3-11(10)14/h1-4,6,8,10,13H,5,7,9,17H2. The van der Waals surface area contributed by atoms with Crippen molar-refractivity contribution in [3.8, 4) is 5.75 Å². The van der Waals surface area contributed by atoms with E-state index in [1.165, 1.54) is 5.56 Å². The Morgan fingerprint density at radius 1 is 1.32 bits per heavy atom. The number of hydrogen-bond acceptors (Lipinski definition) is 3. The van der Waals surface area contributed by atoms with Gasteiger partial charge in [0.15, 0.2) is 5.22 Å². The van der Waals surface area contributed by atoms with Crippen LogP contribution in [0.15, 0.2) is 41.0 Å². The van der Waals surface area contributed by atoms with Crippen LogP contribution in [0, 0.1) is 0 Å². The lowest BCUT2D eigenvalue weighted by atomic mass is 9.86. The van der Waals surface area contributed by atoms with Crippen LogP contribution in [-0.2, 0) is 0 Å². The molecule has 0 fully saturated rings. The van der Waals surface area contributed by atoms with Gasteiger partial charge in [0.1, 0.15) is 5.75 Å². The average molecular weight is 278 g/mol. The van der Waals surface area contributed by atoms with Gasteiger partial charge in [-0.2, -0.15) is 0 Å². The van der Waals surface area contributed by atoms with E-state index in [2.05, 4.69) is 6.07 Å². The van der Waals surface area contributed by atoms with Crippen LogP contribution in [0.4, 0.5) is 0 Å². The number of fused-ring (bicyclic) bond motifs is 1. The predicted molar refractivity (Wildman–Crippen MR) is 74.6 cm³/mol. The molecule has 0 bridgehead atoms. The summed E-state index contributed by atoms with van der Waals surface area (Å²) in [6.07, 6.45) is 3.41. The van der Waals surface area contributed by atoms with Crippen LogP contribution in [0.25, 0.3) is 0 Å². The molecular formula is C15H16ClNO2. The number of ether oxygens (including phenoxy) is 1. The van der Waals surface area contributed by atoms with E-state index in [9.17, 15) is 0 Å². The fourth-order valence-electron chi connectivity index (χ4n) is 2.66. The lowest BCUT2D eigenvalue weighted by Crippen LogP contribution is -2.19. The predicted octanol–water partition coefficient (Wildman–Crippen LogP) is 3.89. The second kappa shape index (κ2) is 5.27. The summed E-state index contributed by atoms with van der Waals surface area (Å²) in [4.78, 5) is 0. The zero-order valence-electron chi connectivity index (χ0n) is 10.5. The van der Waals surface area contributed by atoms with Gasteiger partial charge in [-0.3, -0.25) is 0 Å². The maximum Gasteiger partial charge on any atom is 0.197 e. The molecule has 0 saturated carbocycles.